The van der Waals surface area contributed by atoms with Crippen molar-refractivity contribution in [3.63, 3.8) is 0 Å². The summed E-state index contributed by atoms with van der Waals surface area (Å²) < 4.78 is 21.9. The van der Waals surface area contributed by atoms with Crippen LogP contribution in [0.5, 0.6) is 5.75 Å². The molecule has 0 spiro atoms. The van der Waals surface area contributed by atoms with Crippen molar-refractivity contribution in [1.82, 2.24) is 9.13 Å². The molecule has 0 aliphatic carbocycles. The Morgan fingerprint density at radius 1 is 0.909 bits per heavy atom. The van der Waals surface area contributed by atoms with E-state index in [0.717, 1.165) is 22.4 Å². The SMILES string of the molecule is C/C=C/c1ccc(Cn2c(=O)n(CCc3ccc(OC)cc3)c(=O)c3ccc(F)cc32)cc1. The fourth-order valence-corrected chi connectivity index (χ4v) is 3.88. The summed E-state index contributed by atoms with van der Waals surface area (Å²) in [4.78, 5) is 26.5. The van der Waals surface area contributed by atoms with Crippen LogP contribution in [0.4, 0.5) is 4.39 Å². The molecule has 1 aromatic heterocycles. The van der Waals surface area contributed by atoms with Gasteiger partial charge < -0.3 is 4.74 Å². The second kappa shape index (κ2) is 9.69. The Morgan fingerprint density at radius 2 is 1.61 bits per heavy atom. The summed E-state index contributed by atoms with van der Waals surface area (Å²) in [6.07, 6.45) is 4.44. The molecule has 0 atom stereocenters. The lowest BCUT2D eigenvalue weighted by Crippen LogP contribution is -2.40. The minimum Gasteiger partial charge on any atom is -0.497 e. The molecule has 33 heavy (non-hydrogen) atoms. The van der Waals surface area contributed by atoms with E-state index in [9.17, 15) is 14.0 Å². The number of fused-ring (bicyclic) bond motifs is 1. The fraction of sp³-hybridized carbons (Fsp3) is 0.185. The molecule has 4 rings (SSSR count). The quantitative estimate of drug-likeness (QED) is 0.418. The van der Waals surface area contributed by atoms with Crippen molar-refractivity contribution < 1.29 is 9.13 Å². The summed E-state index contributed by atoms with van der Waals surface area (Å²) in [5.41, 5.74) is 2.34. The van der Waals surface area contributed by atoms with Crippen LogP contribution < -0.4 is 16.0 Å². The molecule has 168 valence electrons. The highest BCUT2D eigenvalue weighted by atomic mass is 19.1. The van der Waals surface area contributed by atoms with Crippen LogP contribution in [-0.4, -0.2) is 16.2 Å². The second-order valence-electron chi connectivity index (χ2n) is 7.83. The number of benzene rings is 3. The Hall–Kier alpha value is -3.93. The largest absolute Gasteiger partial charge is 0.497 e. The van der Waals surface area contributed by atoms with Gasteiger partial charge in [-0.2, -0.15) is 0 Å². The average molecular weight is 445 g/mol. The van der Waals surface area contributed by atoms with Crippen LogP contribution in [0.1, 0.15) is 23.6 Å². The van der Waals surface area contributed by atoms with Crippen molar-refractivity contribution in [3.8, 4) is 5.75 Å². The topological polar surface area (TPSA) is 53.2 Å². The number of halogens is 1. The maximum Gasteiger partial charge on any atom is 0.331 e. The number of hydrogen-bond acceptors (Lipinski definition) is 3. The molecule has 0 saturated carbocycles. The van der Waals surface area contributed by atoms with E-state index in [0.29, 0.717) is 17.3 Å². The summed E-state index contributed by atoms with van der Waals surface area (Å²) in [7, 11) is 1.60. The zero-order valence-electron chi connectivity index (χ0n) is 18.6. The van der Waals surface area contributed by atoms with Crippen LogP contribution in [0.15, 0.2) is 82.4 Å². The van der Waals surface area contributed by atoms with Crippen LogP contribution >= 0.6 is 0 Å². The zero-order valence-corrected chi connectivity index (χ0v) is 18.6. The summed E-state index contributed by atoms with van der Waals surface area (Å²) >= 11 is 0. The van der Waals surface area contributed by atoms with Gasteiger partial charge in [0.1, 0.15) is 11.6 Å². The van der Waals surface area contributed by atoms with Crippen molar-refractivity contribution in [2.45, 2.75) is 26.4 Å². The number of rotatable bonds is 7. The monoisotopic (exact) mass is 444 g/mol. The maximum absolute atomic E-state index is 14.0. The van der Waals surface area contributed by atoms with Gasteiger partial charge in [0, 0.05) is 6.54 Å². The van der Waals surface area contributed by atoms with E-state index in [4.69, 9.17) is 4.74 Å². The zero-order chi connectivity index (χ0) is 23.4. The molecule has 0 radical (unpaired) electrons. The molecule has 1 heterocycles. The number of nitrogens with zero attached hydrogens (tertiary/aromatic N) is 2. The summed E-state index contributed by atoms with van der Waals surface area (Å²) in [6.45, 7) is 2.40. The molecule has 0 saturated heterocycles. The van der Waals surface area contributed by atoms with E-state index >= 15 is 0 Å². The van der Waals surface area contributed by atoms with E-state index in [1.807, 2.05) is 67.6 Å². The first-order chi connectivity index (χ1) is 16.0. The van der Waals surface area contributed by atoms with Crippen LogP contribution in [0.25, 0.3) is 17.0 Å². The lowest BCUT2D eigenvalue weighted by atomic mass is 10.1. The first-order valence-corrected chi connectivity index (χ1v) is 10.8. The van der Waals surface area contributed by atoms with Crippen molar-refractivity contribution in [1.29, 1.82) is 0 Å². The number of aromatic nitrogens is 2. The lowest BCUT2D eigenvalue weighted by molar-refractivity contribution is 0.414. The van der Waals surface area contributed by atoms with Crippen LogP contribution in [-0.2, 0) is 19.5 Å². The Balaban J connectivity index is 1.75. The van der Waals surface area contributed by atoms with Gasteiger partial charge in [0.15, 0.2) is 0 Å². The third kappa shape index (κ3) is 4.80. The Morgan fingerprint density at radius 3 is 2.27 bits per heavy atom. The molecule has 0 fully saturated rings. The fourth-order valence-electron chi connectivity index (χ4n) is 3.88. The molecule has 0 N–H and O–H groups in total. The second-order valence-corrected chi connectivity index (χ2v) is 7.83. The van der Waals surface area contributed by atoms with Crippen molar-refractivity contribution >= 4 is 17.0 Å². The molecular formula is C27H25FN2O3. The molecule has 0 unspecified atom stereocenters. The number of methoxy groups -OCH3 is 1. The minimum absolute atomic E-state index is 0.220. The first kappa shape index (κ1) is 22.3. The van der Waals surface area contributed by atoms with E-state index in [2.05, 4.69) is 0 Å². The summed E-state index contributed by atoms with van der Waals surface area (Å²) in [6, 6.07) is 19.2. The third-order valence-corrected chi connectivity index (χ3v) is 5.65. The maximum atomic E-state index is 14.0. The van der Waals surface area contributed by atoms with Crippen molar-refractivity contribution in [3.05, 3.63) is 116 Å². The van der Waals surface area contributed by atoms with Gasteiger partial charge in [0.05, 0.1) is 24.6 Å². The Kier molecular flexibility index (Phi) is 6.54. The van der Waals surface area contributed by atoms with E-state index < -0.39 is 17.1 Å². The number of ether oxygens (including phenoxy) is 1. The highest BCUT2D eigenvalue weighted by molar-refractivity contribution is 5.78. The molecular weight excluding hydrogens is 419 g/mol. The molecule has 0 aliphatic heterocycles. The number of allylic oxidation sites excluding steroid dienone is 1. The molecule has 0 amide bonds. The number of hydrogen-bond donors (Lipinski definition) is 0. The predicted molar refractivity (Wildman–Crippen MR) is 129 cm³/mol. The van der Waals surface area contributed by atoms with Gasteiger partial charge >= 0.3 is 5.69 Å². The smallest absolute Gasteiger partial charge is 0.331 e. The van der Waals surface area contributed by atoms with Gasteiger partial charge in [-0.3, -0.25) is 13.9 Å². The predicted octanol–water partition coefficient (Wildman–Crippen LogP) is 4.64. The van der Waals surface area contributed by atoms with Crippen LogP contribution in [0.3, 0.4) is 0 Å². The Labute approximate surface area is 191 Å². The van der Waals surface area contributed by atoms with E-state index in [-0.39, 0.29) is 13.1 Å². The summed E-state index contributed by atoms with van der Waals surface area (Å²) in [5, 5.41) is 0.316. The van der Waals surface area contributed by atoms with E-state index in [1.165, 1.54) is 27.3 Å². The minimum atomic E-state index is -0.491. The van der Waals surface area contributed by atoms with Gasteiger partial charge in [0.2, 0.25) is 0 Å². The summed E-state index contributed by atoms with van der Waals surface area (Å²) in [5.74, 6) is 0.251. The van der Waals surface area contributed by atoms with Crippen molar-refractivity contribution in [2.24, 2.45) is 0 Å². The third-order valence-electron chi connectivity index (χ3n) is 5.65. The molecule has 6 heteroatoms. The molecule has 0 bridgehead atoms. The Bertz CT molecular complexity index is 1420. The van der Waals surface area contributed by atoms with Crippen LogP contribution in [0, 0.1) is 5.82 Å². The lowest BCUT2D eigenvalue weighted by Gasteiger charge is -2.15. The average Bonchev–Trinajstić information content (AvgIpc) is 2.83. The van der Waals surface area contributed by atoms with Gasteiger partial charge in [-0.15, -0.1) is 0 Å². The van der Waals surface area contributed by atoms with Gasteiger partial charge in [-0.05, 0) is 60.4 Å². The van der Waals surface area contributed by atoms with Gasteiger partial charge in [-0.1, -0.05) is 48.6 Å². The first-order valence-electron chi connectivity index (χ1n) is 10.8. The van der Waals surface area contributed by atoms with Crippen LogP contribution in [0.2, 0.25) is 0 Å². The number of aryl methyl sites for hydroxylation is 1. The van der Waals surface area contributed by atoms with Gasteiger partial charge in [-0.25, -0.2) is 9.18 Å². The standard InChI is InChI=1S/C27H25FN2O3/c1-3-4-19-5-7-21(8-6-19)18-30-25-17-22(28)11-14-24(25)26(31)29(27(30)32)16-15-20-9-12-23(33-2)13-10-20/h3-14,17H,15-16,18H2,1-2H3/b4-3+. The van der Waals surface area contributed by atoms with Crippen molar-refractivity contribution in [2.75, 3.05) is 7.11 Å². The van der Waals surface area contributed by atoms with E-state index in [1.54, 1.807) is 7.11 Å². The van der Waals surface area contributed by atoms with Gasteiger partial charge in [0.25, 0.3) is 5.56 Å². The highest BCUT2D eigenvalue weighted by Gasteiger charge is 2.14. The highest BCUT2D eigenvalue weighted by Crippen LogP contribution is 2.15. The molecule has 0 aliphatic rings. The normalized spacial score (nSPS) is 11.4. The molecule has 4 aromatic rings. The molecule has 5 nitrogen and oxygen atoms in total. The molecule has 3 aromatic carbocycles.